The lowest BCUT2D eigenvalue weighted by Gasteiger charge is -2.26. The largest absolute Gasteiger partial charge is 0.387 e. The van der Waals surface area contributed by atoms with Crippen LogP contribution in [0.25, 0.3) is 0 Å². The van der Waals surface area contributed by atoms with Crippen molar-refractivity contribution in [3.63, 3.8) is 0 Å². The summed E-state index contributed by atoms with van der Waals surface area (Å²) >= 11 is 5.66. The van der Waals surface area contributed by atoms with E-state index in [1.165, 1.54) is 18.5 Å². The molecule has 23 heavy (non-hydrogen) atoms. The SMILES string of the molecule is CN1CCc2ncnc(NCC(O)c3ccc(Cl)c(F)c3)c2C1. The third kappa shape index (κ3) is 3.60. The standard InChI is InChI=1S/C16H18ClFN4O/c1-22-5-4-14-11(8-22)16(21-9-20-14)19-7-15(23)10-2-3-12(17)13(18)6-10/h2-3,6,9,15,23H,4-5,7-8H2,1H3,(H,19,20,21). The van der Waals surface area contributed by atoms with Crippen LogP contribution in [-0.4, -0.2) is 40.1 Å². The smallest absolute Gasteiger partial charge is 0.142 e. The van der Waals surface area contributed by atoms with E-state index in [1.807, 2.05) is 7.05 Å². The molecule has 0 amide bonds. The van der Waals surface area contributed by atoms with Crippen LogP contribution in [0.2, 0.25) is 5.02 Å². The molecule has 5 nitrogen and oxygen atoms in total. The Kier molecular flexibility index (Phi) is 4.75. The van der Waals surface area contributed by atoms with Crippen LogP contribution in [0.3, 0.4) is 0 Å². The van der Waals surface area contributed by atoms with E-state index in [2.05, 4.69) is 20.2 Å². The molecule has 0 bridgehead atoms. The van der Waals surface area contributed by atoms with E-state index in [0.29, 0.717) is 5.56 Å². The number of rotatable bonds is 4. The maximum atomic E-state index is 13.5. The minimum absolute atomic E-state index is 0.0433. The molecule has 1 unspecified atom stereocenters. The second kappa shape index (κ2) is 6.78. The molecule has 0 saturated heterocycles. The van der Waals surface area contributed by atoms with Crippen molar-refractivity contribution in [3.8, 4) is 0 Å². The summed E-state index contributed by atoms with van der Waals surface area (Å²) in [5.41, 5.74) is 2.56. The number of likely N-dealkylation sites (N-methyl/N-ethyl adjacent to an activating group) is 1. The second-order valence-corrected chi connectivity index (χ2v) is 6.11. The lowest BCUT2D eigenvalue weighted by atomic mass is 10.1. The Labute approximate surface area is 139 Å². The number of hydrogen-bond acceptors (Lipinski definition) is 5. The minimum atomic E-state index is -0.853. The molecule has 1 aromatic carbocycles. The van der Waals surface area contributed by atoms with Gasteiger partial charge in [0.25, 0.3) is 0 Å². The van der Waals surface area contributed by atoms with Gasteiger partial charge in [-0.05, 0) is 24.7 Å². The maximum absolute atomic E-state index is 13.5. The summed E-state index contributed by atoms with van der Waals surface area (Å²) in [5, 5.41) is 13.4. The quantitative estimate of drug-likeness (QED) is 0.897. The Morgan fingerprint density at radius 1 is 1.43 bits per heavy atom. The molecule has 3 rings (SSSR count). The number of nitrogens with one attached hydrogen (secondary N) is 1. The Morgan fingerprint density at radius 3 is 3.04 bits per heavy atom. The molecule has 0 saturated carbocycles. The van der Waals surface area contributed by atoms with E-state index in [9.17, 15) is 9.50 Å². The average molecular weight is 337 g/mol. The summed E-state index contributed by atoms with van der Waals surface area (Å²) in [6, 6.07) is 4.30. The van der Waals surface area contributed by atoms with Gasteiger partial charge < -0.3 is 15.3 Å². The highest BCUT2D eigenvalue weighted by Crippen LogP contribution is 2.24. The molecule has 1 aliphatic heterocycles. The van der Waals surface area contributed by atoms with Gasteiger partial charge in [0.05, 0.1) is 16.8 Å². The van der Waals surface area contributed by atoms with Gasteiger partial charge in [0.1, 0.15) is 18.0 Å². The molecule has 122 valence electrons. The van der Waals surface area contributed by atoms with Crippen molar-refractivity contribution in [2.24, 2.45) is 0 Å². The molecular formula is C16H18ClFN4O. The van der Waals surface area contributed by atoms with Crippen LogP contribution >= 0.6 is 11.6 Å². The molecule has 1 atom stereocenters. The van der Waals surface area contributed by atoms with Crippen molar-refractivity contribution in [3.05, 3.63) is 52.2 Å². The fraction of sp³-hybridized carbons (Fsp3) is 0.375. The molecule has 0 aliphatic carbocycles. The number of halogens is 2. The first kappa shape index (κ1) is 16.1. The highest BCUT2D eigenvalue weighted by Gasteiger charge is 2.19. The molecule has 0 spiro atoms. The van der Waals surface area contributed by atoms with Crippen LogP contribution in [0.1, 0.15) is 22.9 Å². The molecular weight excluding hydrogens is 319 g/mol. The summed E-state index contributed by atoms with van der Waals surface area (Å²) in [6.07, 6.45) is 1.56. The Morgan fingerprint density at radius 2 is 2.26 bits per heavy atom. The molecule has 2 heterocycles. The first-order valence-corrected chi connectivity index (χ1v) is 7.80. The Bertz CT molecular complexity index is 712. The van der Waals surface area contributed by atoms with E-state index in [4.69, 9.17) is 11.6 Å². The highest BCUT2D eigenvalue weighted by atomic mass is 35.5. The number of aromatic nitrogens is 2. The number of fused-ring (bicyclic) bond motifs is 1. The lowest BCUT2D eigenvalue weighted by Crippen LogP contribution is -2.29. The van der Waals surface area contributed by atoms with E-state index >= 15 is 0 Å². The van der Waals surface area contributed by atoms with Crippen LogP contribution in [0, 0.1) is 5.82 Å². The van der Waals surface area contributed by atoms with Gasteiger partial charge in [0, 0.05) is 31.6 Å². The number of benzene rings is 1. The van der Waals surface area contributed by atoms with Crippen molar-refractivity contribution < 1.29 is 9.50 Å². The van der Waals surface area contributed by atoms with E-state index in [0.717, 1.165) is 36.6 Å². The van der Waals surface area contributed by atoms with Crippen LogP contribution in [-0.2, 0) is 13.0 Å². The van der Waals surface area contributed by atoms with E-state index in [1.54, 1.807) is 6.07 Å². The predicted octanol–water partition coefficient (Wildman–Crippen LogP) is 2.40. The summed E-state index contributed by atoms with van der Waals surface area (Å²) in [5.74, 6) is 0.180. The van der Waals surface area contributed by atoms with Crippen molar-refractivity contribution >= 4 is 17.4 Å². The molecule has 1 aromatic heterocycles. The van der Waals surface area contributed by atoms with E-state index in [-0.39, 0.29) is 11.6 Å². The van der Waals surface area contributed by atoms with E-state index < -0.39 is 11.9 Å². The van der Waals surface area contributed by atoms with Crippen molar-refractivity contribution in [2.45, 2.75) is 19.1 Å². The summed E-state index contributed by atoms with van der Waals surface area (Å²) < 4.78 is 13.5. The normalized spacial score (nSPS) is 16.0. The first-order chi connectivity index (χ1) is 11.0. The van der Waals surface area contributed by atoms with Gasteiger partial charge in [0.15, 0.2) is 0 Å². The number of anilines is 1. The van der Waals surface area contributed by atoms with Crippen LogP contribution in [0.4, 0.5) is 10.2 Å². The van der Waals surface area contributed by atoms with Crippen LogP contribution in [0.15, 0.2) is 24.5 Å². The van der Waals surface area contributed by atoms with Crippen LogP contribution in [0.5, 0.6) is 0 Å². The number of aliphatic hydroxyl groups is 1. The van der Waals surface area contributed by atoms with Gasteiger partial charge in [-0.3, -0.25) is 0 Å². The fourth-order valence-corrected chi connectivity index (χ4v) is 2.78. The van der Waals surface area contributed by atoms with Crippen molar-refractivity contribution in [1.82, 2.24) is 14.9 Å². The number of aliphatic hydroxyl groups excluding tert-OH is 1. The molecule has 1 aliphatic rings. The predicted molar refractivity (Wildman–Crippen MR) is 86.9 cm³/mol. The zero-order valence-corrected chi connectivity index (χ0v) is 13.5. The van der Waals surface area contributed by atoms with Gasteiger partial charge >= 0.3 is 0 Å². The molecule has 2 N–H and O–H groups in total. The fourth-order valence-electron chi connectivity index (χ4n) is 2.66. The average Bonchev–Trinajstić information content (AvgIpc) is 2.55. The monoisotopic (exact) mass is 336 g/mol. The van der Waals surface area contributed by atoms with Gasteiger partial charge in [-0.15, -0.1) is 0 Å². The first-order valence-electron chi connectivity index (χ1n) is 7.43. The third-order valence-corrected chi connectivity index (χ3v) is 4.29. The topological polar surface area (TPSA) is 61.3 Å². The number of nitrogens with zero attached hydrogens (tertiary/aromatic N) is 3. The molecule has 2 aromatic rings. The van der Waals surface area contributed by atoms with Crippen molar-refractivity contribution in [2.75, 3.05) is 25.5 Å². The summed E-state index contributed by atoms with van der Waals surface area (Å²) in [4.78, 5) is 10.8. The number of hydrogen-bond donors (Lipinski definition) is 2. The minimum Gasteiger partial charge on any atom is -0.387 e. The lowest BCUT2D eigenvalue weighted by molar-refractivity contribution is 0.191. The molecule has 0 radical (unpaired) electrons. The third-order valence-electron chi connectivity index (χ3n) is 3.98. The highest BCUT2D eigenvalue weighted by molar-refractivity contribution is 6.30. The Hall–Kier alpha value is -1.76. The molecule has 0 fully saturated rings. The van der Waals surface area contributed by atoms with Gasteiger partial charge in [-0.1, -0.05) is 17.7 Å². The zero-order chi connectivity index (χ0) is 16.4. The van der Waals surface area contributed by atoms with Gasteiger partial charge in [-0.2, -0.15) is 0 Å². The molecule has 7 heteroatoms. The second-order valence-electron chi connectivity index (χ2n) is 5.71. The summed E-state index contributed by atoms with van der Waals surface area (Å²) in [7, 11) is 2.05. The van der Waals surface area contributed by atoms with Crippen LogP contribution < -0.4 is 5.32 Å². The van der Waals surface area contributed by atoms with Gasteiger partial charge in [-0.25, -0.2) is 14.4 Å². The zero-order valence-electron chi connectivity index (χ0n) is 12.8. The summed E-state index contributed by atoms with van der Waals surface area (Å²) in [6.45, 7) is 1.97. The maximum Gasteiger partial charge on any atom is 0.142 e. The van der Waals surface area contributed by atoms with Crippen molar-refractivity contribution in [1.29, 1.82) is 0 Å². The Balaban J connectivity index is 1.72. The van der Waals surface area contributed by atoms with Gasteiger partial charge in [0.2, 0.25) is 0 Å².